The molecule has 0 unspecified atom stereocenters. The molecular formula is C25H20N6O. The first-order valence-corrected chi connectivity index (χ1v) is 10.3. The maximum absolute atomic E-state index is 12.5. The number of benzene rings is 2. The number of hydrogen-bond acceptors (Lipinski definition) is 5. The minimum Gasteiger partial charge on any atom is -0.326 e. The first-order chi connectivity index (χ1) is 15.7. The van der Waals surface area contributed by atoms with Gasteiger partial charge in [0, 0.05) is 17.4 Å². The van der Waals surface area contributed by atoms with Gasteiger partial charge < -0.3 is 5.32 Å². The summed E-state index contributed by atoms with van der Waals surface area (Å²) in [5.41, 5.74) is 5.82. The number of carbonyl (C=O) groups excluding carboxylic acids is 1. The number of aromatic nitrogens is 5. The Labute approximate surface area is 184 Å². The molecule has 0 aliphatic carbocycles. The standard InChI is InChI=1S/C25H20N6O/c1-17-8-10-18(11-9-17)15-24(32)27-20-6-4-5-19(16-20)21-12-13-23-28-29-25(31(23)30-21)22-7-2-3-14-26-22/h2-14,16H,15H2,1H3,(H,27,32). The number of anilines is 1. The van der Waals surface area contributed by atoms with Crippen molar-refractivity contribution in [2.75, 3.05) is 5.32 Å². The van der Waals surface area contributed by atoms with Crippen molar-refractivity contribution in [3.8, 4) is 22.8 Å². The third kappa shape index (κ3) is 4.09. The maximum Gasteiger partial charge on any atom is 0.228 e. The molecule has 1 N–H and O–H groups in total. The van der Waals surface area contributed by atoms with E-state index >= 15 is 0 Å². The van der Waals surface area contributed by atoms with Crippen molar-refractivity contribution >= 4 is 17.2 Å². The summed E-state index contributed by atoms with van der Waals surface area (Å²) < 4.78 is 1.68. The van der Waals surface area contributed by atoms with Crippen LogP contribution in [0.4, 0.5) is 5.69 Å². The van der Waals surface area contributed by atoms with Gasteiger partial charge in [-0.1, -0.05) is 48.0 Å². The van der Waals surface area contributed by atoms with E-state index in [1.165, 1.54) is 5.56 Å². The second-order valence-electron chi connectivity index (χ2n) is 7.52. The van der Waals surface area contributed by atoms with Gasteiger partial charge in [-0.3, -0.25) is 9.78 Å². The quantitative estimate of drug-likeness (QED) is 0.457. The SMILES string of the molecule is Cc1ccc(CC(=O)Nc2cccc(-c3ccc4nnc(-c5ccccn5)n4n3)c2)cc1. The third-order valence-corrected chi connectivity index (χ3v) is 5.08. The van der Waals surface area contributed by atoms with Crippen LogP contribution in [0.3, 0.4) is 0 Å². The van der Waals surface area contributed by atoms with Gasteiger partial charge >= 0.3 is 0 Å². The van der Waals surface area contributed by atoms with Crippen molar-refractivity contribution < 1.29 is 4.79 Å². The summed E-state index contributed by atoms with van der Waals surface area (Å²) in [6.07, 6.45) is 2.03. The molecule has 0 aliphatic heterocycles. The highest BCUT2D eigenvalue weighted by Crippen LogP contribution is 2.23. The van der Waals surface area contributed by atoms with Gasteiger partial charge in [-0.2, -0.15) is 9.61 Å². The molecule has 0 spiro atoms. The van der Waals surface area contributed by atoms with Crippen LogP contribution in [0.15, 0.2) is 85.1 Å². The summed E-state index contributed by atoms with van der Waals surface area (Å²) in [7, 11) is 0. The first-order valence-electron chi connectivity index (χ1n) is 10.3. The van der Waals surface area contributed by atoms with Crippen molar-refractivity contribution in [3.63, 3.8) is 0 Å². The van der Waals surface area contributed by atoms with Gasteiger partial charge in [-0.05, 0) is 48.9 Å². The summed E-state index contributed by atoms with van der Waals surface area (Å²) in [5.74, 6) is 0.510. The highest BCUT2D eigenvalue weighted by atomic mass is 16.1. The first kappa shape index (κ1) is 19.6. The smallest absolute Gasteiger partial charge is 0.228 e. The molecule has 0 fully saturated rings. The van der Waals surface area contributed by atoms with Crippen molar-refractivity contribution in [3.05, 3.63) is 96.2 Å². The fourth-order valence-electron chi connectivity index (χ4n) is 3.45. The molecule has 1 amide bonds. The van der Waals surface area contributed by atoms with Crippen molar-refractivity contribution in [1.29, 1.82) is 0 Å². The summed E-state index contributed by atoms with van der Waals surface area (Å²) >= 11 is 0. The number of nitrogens with zero attached hydrogens (tertiary/aromatic N) is 5. The lowest BCUT2D eigenvalue weighted by molar-refractivity contribution is -0.115. The van der Waals surface area contributed by atoms with Gasteiger partial charge in [0.05, 0.1) is 12.1 Å². The Balaban J connectivity index is 1.40. The third-order valence-electron chi connectivity index (χ3n) is 5.08. The molecule has 2 aromatic carbocycles. The van der Waals surface area contributed by atoms with E-state index in [0.717, 1.165) is 22.5 Å². The molecule has 0 saturated heterocycles. The molecule has 5 rings (SSSR count). The van der Waals surface area contributed by atoms with Gasteiger partial charge in [-0.25, -0.2) is 0 Å². The lowest BCUT2D eigenvalue weighted by Gasteiger charge is -2.08. The van der Waals surface area contributed by atoms with E-state index in [0.29, 0.717) is 23.6 Å². The molecule has 156 valence electrons. The number of nitrogens with one attached hydrogen (secondary N) is 1. The number of amides is 1. The van der Waals surface area contributed by atoms with E-state index in [9.17, 15) is 4.79 Å². The van der Waals surface area contributed by atoms with E-state index in [1.54, 1.807) is 10.7 Å². The maximum atomic E-state index is 12.5. The normalized spacial score (nSPS) is 10.9. The molecule has 0 saturated carbocycles. The van der Waals surface area contributed by atoms with Crippen LogP contribution in [0, 0.1) is 6.92 Å². The second-order valence-corrected chi connectivity index (χ2v) is 7.52. The van der Waals surface area contributed by atoms with Crippen LogP contribution in [0.1, 0.15) is 11.1 Å². The van der Waals surface area contributed by atoms with Gasteiger partial charge in [0.2, 0.25) is 11.7 Å². The largest absolute Gasteiger partial charge is 0.326 e. The number of carbonyl (C=O) groups is 1. The molecule has 7 heteroatoms. The Bertz CT molecular complexity index is 1390. The molecule has 3 aromatic heterocycles. The Morgan fingerprint density at radius 3 is 2.59 bits per heavy atom. The van der Waals surface area contributed by atoms with E-state index < -0.39 is 0 Å². The summed E-state index contributed by atoms with van der Waals surface area (Å²) in [6.45, 7) is 2.03. The van der Waals surface area contributed by atoms with Crippen molar-refractivity contribution in [1.82, 2.24) is 24.8 Å². The molecule has 0 bridgehead atoms. The predicted octanol–water partition coefficient (Wildman–Crippen LogP) is 4.34. The number of fused-ring (bicyclic) bond motifs is 1. The Hall–Kier alpha value is -4.39. The highest BCUT2D eigenvalue weighted by molar-refractivity contribution is 5.92. The van der Waals surface area contributed by atoms with Gasteiger partial charge in [0.15, 0.2) is 5.65 Å². The number of rotatable bonds is 5. The number of hydrogen-bond donors (Lipinski definition) is 1. The van der Waals surface area contributed by atoms with Crippen LogP contribution in [0.25, 0.3) is 28.4 Å². The van der Waals surface area contributed by atoms with Gasteiger partial charge in [0.1, 0.15) is 5.69 Å². The topological polar surface area (TPSA) is 85.1 Å². The monoisotopic (exact) mass is 420 g/mol. The van der Waals surface area contributed by atoms with Crippen LogP contribution < -0.4 is 5.32 Å². The van der Waals surface area contributed by atoms with Crippen LogP contribution in [-0.2, 0) is 11.2 Å². The Kier molecular flexibility index (Phi) is 5.13. The molecule has 7 nitrogen and oxygen atoms in total. The van der Waals surface area contributed by atoms with Crippen LogP contribution >= 0.6 is 0 Å². The zero-order valence-corrected chi connectivity index (χ0v) is 17.4. The fourth-order valence-corrected chi connectivity index (χ4v) is 3.45. The number of pyridine rings is 1. The van der Waals surface area contributed by atoms with Gasteiger partial charge in [0.25, 0.3) is 0 Å². The highest BCUT2D eigenvalue weighted by Gasteiger charge is 2.12. The van der Waals surface area contributed by atoms with Crippen LogP contribution in [0.5, 0.6) is 0 Å². The van der Waals surface area contributed by atoms with E-state index in [-0.39, 0.29) is 5.91 Å². The van der Waals surface area contributed by atoms with Gasteiger partial charge in [-0.15, -0.1) is 10.2 Å². The minimum atomic E-state index is -0.0642. The molecule has 32 heavy (non-hydrogen) atoms. The lowest BCUT2D eigenvalue weighted by Crippen LogP contribution is -2.14. The zero-order chi connectivity index (χ0) is 21.9. The van der Waals surface area contributed by atoms with E-state index in [2.05, 4.69) is 20.5 Å². The fraction of sp³-hybridized carbons (Fsp3) is 0.0800. The molecule has 0 atom stereocenters. The minimum absolute atomic E-state index is 0.0642. The summed E-state index contributed by atoms with van der Waals surface area (Å²) in [5, 5.41) is 16.1. The van der Waals surface area contributed by atoms with Crippen molar-refractivity contribution in [2.24, 2.45) is 0 Å². The molecule has 3 heterocycles. The number of aryl methyl sites for hydroxylation is 1. The second kappa shape index (κ2) is 8.39. The molecular weight excluding hydrogens is 400 g/mol. The molecule has 0 radical (unpaired) electrons. The molecule has 5 aromatic rings. The zero-order valence-electron chi connectivity index (χ0n) is 17.4. The summed E-state index contributed by atoms with van der Waals surface area (Å²) in [6, 6.07) is 25.0. The lowest BCUT2D eigenvalue weighted by atomic mass is 10.1. The van der Waals surface area contributed by atoms with Crippen LogP contribution in [0.2, 0.25) is 0 Å². The van der Waals surface area contributed by atoms with Crippen LogP contribution in [-0.4, -0.2) is 30.7 Å². The molecule has 0 aliphatic rings. The summed E-state index contributed by atoms with van der Waals surface area (Å²) in [4.78, 5) is 16.9. The average molecular weight is 420 g/mol. The Morgan fingerprint density at radius 2 is 1.78 bits per heavy atom. The predicted molar refractivity (Wildman–Crippen MR) is 123 cm³/mol. The van der Waals surface area contributed by atoms with E-state index in [4.69, 9.17) is 5.10 Å². The Morgan fingerprint density at radius 1 is 0.906 bits per heavy atom. The van der Waals surface area contributed by atoms with Crippen molar-refractivity contribution in [2.45, 2.75) is 13.3 Å². The average Bonchev–Trinajstić information content (AvgIpc) is 3.25. The van der Waals surface area contributed by atoms with E-state index in [1.807, 2.05) is 85.8 Å².